The predicted octanol–water partition coefficient (Wildman–Crippen LogP) is 5.07. The van der Waals surface area contributed by atoms with Gasteiger partial charge in [0.05, 0.1) is 9.80 Å². The van der Waals surface area contributed by atoms with E-state index in [0.717, 1.165) is 35.8 Å². The Morgan fingerprint density at radius 1 is 1.04 bits per heavy atom. The van der Waals surface area contributed by atoms with Crippen LogP contribution in [0.25, 0.3) is 6.08 Å². The second kappa shape index (κ2) is 8.44. The van der Waals surface area contributed by atoms with Crippen LogP contribution in [0.2, 0.25) is 0 Å². The molecule has 0 saturated carbocycles. The third kappa shape index (κ3) is 4.89. The Morgan fingerprint density at radius 3 is 2.33 bits per heavy atom. The summed E-state index contributed by atoms with van der Waals surface area (Å²) in [5, 5.41) is 0.872. The lowest BCUT2D eigenvalue weighted by molar-refractivity contribution is -0.123. The summed E-state index contributed by atoms with van der Waals surface area (Å²) >= 11 is 16.2. The molecule has 1 aliphatic rings. The first-order valence-corrected chi connectivity index (χ1v) is 12.3. The summed E-state index contributed by atoms with van der Waals surface area (Å²) < 4.78 is 27.6. The van der Waals surface area contributed by atoms with Crippen LogP contribution in [-0.2, 0) is 14.8 Å². The number of benzene rings is 2. The monoisotopic (exact) mass is 610 g/mol. The molecule has 0 atom stereocenters. The number of carbonyl (C=O) groups is 1. The highest BCUT2D eigenvalue weighted by Gasteiger charge is 2.35. The lowest BCUT2D eigenvalue weighted by Gasteiger charge is -2.16. The maximum Gasteiger partial charge on any atom is 0.281 e. The van der Waals surface area contributed by atoms with E-state index in [9.17, 15) is 13.2 Å². The van der Waals surface area contributed by atoms with Crippen LogP contribution < -0.4 is 4.83 Å². The van der Waals surface area contributed by atoms with Crippen LogP contribution in [0.4, 0.5) is 0 Å². The zero-order valence-corrected chi connectivity index (χ0v) is 20.4. The Kier molecular flexibility index (Phi) is 6.61. The quantitative estimate of drug-likeness (QED) is 0.386. The molecule has 1 fully saturated rings. The average molecular weight is 613 g/mol. The van der Waals surface area contributed by atoms with E-state index in [2.05, 4.69) is 52.6 Å². The highest BCUT2D eigenvalue weighted by Crippen LogP contribution is 2.33. The van der Waals surface area contributed by atoms with Crippen LogP contribution in [0.1, 0.15) is 5.56 Å². The Morgan fingerprint density at radius 2 is 1.70 bits per heavy atom. The summed E-state index contributed by atoms with van der Waals surface area (Å²) in [6.45, 7) is 0. The molecule has 27 heavy (non-hydrogen) atoms. The van der Waals surface area contributed by atoms with E-state index in [0.29, 0.717) is 4.91 Å². The number of sulfonamides is 1. The zero-order chi connectivity index (χ0) is 19.8. The molecule has 0 aliphatic carbocycles. The lowest BCUT2D eigenvalue weighted by Crippen LogP contribution is -2.44. The van der Waals surface area contributed by atoms with Gasteiger partial charge in [0, 0.05) is 13.4 Å². The molecule has 1 aliphatic heterocycles. The van der Waals surface area contributed by atoms with Crippen LogP contribution in [0.15, 0.2) is 65.7 Å². The van der Waals surface area contributed by atoms with Crippen molar-refractivity contribution in [2.45, 2.75) is 4.90 Å². The van der Waals surface area contributed by atoms with Crippen molar-refractivity contribution in [2.24, 2.45) is 0 Å². The number of halogens is 3. The number of thioether (sulfide) groups is 1. The summed E-state index contributed by atoms with van der Waals surface area (Å²) in [4.78, 5) is 15.2. The molecule has 2 aromatic carbocycles. The number of nitrogens with zero attached hydrogens (tertiary/aromatic N) is 1. The van der Waals surface area contributed by atoms with Crippen molar-refractivity contribution in [3.8, 4) is 0 Å². The van der Waals surface area contributed by atoms with Crippen LogP contribution in [0.5, 0.6) is 0 Å². The number of carbonyl (C=O) groups excluding carboxylic acids is 1. The maximum atomic E-state index is 12.6. The van der Waals surface area contributed by atoms with Gasteiger partial charge in [0.1, 0.15) is 0 Å². The molecule has 11 heteroatoms. The van der Waals surface area contributed by atoms with E-state index < -0.39 is 15.9 Å². The predicted molar refractivity (Wildman–Crippen MR) is 121 cm³/mol. The first-order chi connectivity index (χ1) is 12.7. The minimum Gasteiger partial charge on any atom is -0.267 e. The van der Waals surface area contributed by atoms with Gasteiger partial charge in [-0.15, -0.1) is 4.83 Å². The van der Waals surface area contributed by atoms with Gasteiger partial charge in [0.25, 0.3) is 15.9 Å². The minimum absolute atomic E-state index is 0.0283. The zero-order valence-electron chi connectivity index (χ0n) is 13.1. The second-order valence-electron chi connectivity index (χ2n) is 5.24. The standard InChI is InChI=1S/C16H9Br3N2O3S3/c17-10-2-4-11(5-3-10)27(23,24)20-21-15(22)14(26-16(21)25)8-9-1-6-12(18)13(19)7-9/h1-8,20H/b14-8+. The average Bonchev–Trinajstić information content (AvgIpc) is 2.86. The lowest BCUT2D eigenvalue weighted by atomic mass is 10.2. The fraction of sp³-hybridized carbons (Fsp3) is 0. The Balaban J connectivity index is 1.84. The molecule has 0 aromatic heterocycles. The van der Waals surface area contributed by atoms with Crippen LogP contribution in [0, 0.1) is 0 Å². The molecule has 0 spiro atoms. The number of amides is 1. The number of rotatable bonds is 4. The summed E-state index contributed by atoms with van der Waals surface area (Å²) in [5.41, 5.74) is 0.779. The molecule has 1 heterocycles. The van der Waals surface area contributed by atoms with Crippen molar-refractivity contribution in [3.05, 3.63) is 66.4 Å². The second-order valence-corrected chi connectivity index (χ2v) is 11.2. The molecule has 5 nitrogen and oxygen atoms in total. The van der Waals surface area contributed by atoms with Gasteiger partial charge in [-0.1, -0.05) is 46.0 Å². The first-order valence-electron chi connectivity index (χ1n) is 7.18. The molecule has 1 saturated heterocycles. The Labute approximate surface area is 191 Å². The number of thiocarbonyl (C=S) groups is 1. The van der Waals surface area contributed by atoms with Crippen molar-refractivity contribution in [2.75, 3.05) is 0 Å². The molecule has 0 unspecified atom stereocenters. The molecule has 0 bridgehead atoms. The molecule has 0 radical (unpaired) electrons. The summed E-state index contributed by atoms with van der Waals surface area (Å²) in [6.07, 6.45) is 1.66. The van der Waals surface area contributed by atoms with Gasteiger partial charge in [-0.05, 0) is 79.9 Å². The SMILES string of the molecule is O=C1/C(=C\c2ccc(Br)c(Br)c2)SC(=S)N1NS(=O)(=O)c1ccc(Br)cc1. The van der Waals surface area contributed by atoms with Crippen LogP contribution >= 0.6 is 71.8 Å². The van der Waals surface area contributed by atoms with Crippen molar-refractivity contribution in [1.82, 2.24) is 9.84 Å². The van der Waals surface area contributed by atoms with Gasteiger partial charge in [0.15, 0.2) is 4.32 Å². The molecular formula is C16H9Br3N2O3S3. The number of nitrogens with one attached hydrogen (secondary N) is 1. The van der Waals surface area contributed by atoms with E-state index in [1.54, 1.807) is 18.2 Å². The van der Waals surface area contributed by atoms with E-state index in [4.69, 9.17) is 12.2 Å². The van der Waals surface area contributed by atoms with E-state index >= 15 is 0 Å². The molecule has 2 aromatic rings. The van der Waals surface area contributed by atoms with Crippen molar-refractivity contribution in [3.63, 3.8) is 0 Å². The number of hydrogen-bond acceptors (Lipinski definition) is 5. The maximum absolute atomic E-state index is 12.6. The Hall–Kier alpha value is -0.560. The molecule has 1 amide bonds. The smallest absolute Gasteiger partial charge is 0.267 e. The minimum atomic E-state index is -3.94. The van der Waals surface area contributed by atoms with Crippen molar-refractivity contribution >= 4 is 98.1 Å². The normalized spacial score (nSPS) is 16.4. The van der Waals surface area contributed by atoms with Crippen molar-refractivity contribution in [1.29, 1.82) is 0 Å². The molecule has 140 valence electrons. The topological polar surface area (TPSA) is 66.5 Å². The summed E-state index contributed by atoms with van der Waals surface area (Å²) in [7, 11) is -3.94. The highest BCUT2D eigenvalue weighted by atomic mass is 79.9. The van der Waals surface area contributed by atoms with E-state index in [-0.39, 0.29) is 9.22 Å². The first kappa shape index (κ1) is 21.2. The van der Waals surface area contributed by atoms with Gasteiger partial charge >= 0.3 is 0 Å². The van der Waals surface area contributed by atoms with Gasteiger partial charge in [-0.3, -0.25) is 4.79 Å². The van der Waals surface area contributed by atoms with E-state index in [1.165, 1.54) is 12.1 Å². The van der Waals surface area contributed by atoms with Gasteiger partial charge < -0.3 is 0 Å². The van der Waals surface area contributed by atoms with Gasteiger partial charge in [-0.2, -0.15) is 0 Å². The largest absolute Gasteiger partial charge is 0.281 e. The summed E-state index contributed by atoms with van der Waals surface area (Å²) in [6, 6.07) is 11.6. The third-order valence-electron chi connectivity index (χ3n) is 3.37. The van der Waals surface area contributed by atoms with Crippen LogP contribution in [-0.4, -0.2) is 23.7 Å². The fourth-order valence-electron chi connectivity index (χ4n) is 2.09. The Bertz CT molecular complexity index is 1070. The fourth-order valence-corrected chi connectivity index (χ4v) is 5.30. The van der Waals surface area contributed by atoms with Gasteiger partial charge in [0.2, 0.25) is 0 Å². The number of hydrazine groups is 1. The van der Waals surface area contributed by atoms with Crippen molar-refractivity contribution < 1.29 is 13.2 Å². The molecule has 3 rings (SSSR count). The number of hydrogen-bond donors (Lipinski definition) is 1. The van der Waals surface area contributed by atoms with Crippen LogP contribution in [0.3, 0.4) is 0 Å². The summed E-state index contributed by atoms with van der Waals surface area (Å²) in [5.74, 6) is -0.523. The van der Waals surface area contributed by atoms with E-state index in [1.807, 2.05) is 18.2 Å². The highest BCUT2D eigenvalue weighted by molar-refractivity contribution is 9.13. The van der Waals surface area contributed by atoms with Gasteiger partial charge in [-0.25, -0.2) is 13.4 Å². The molecule has 1 N–H and O–H groups in total. The third-order valence-corrected chi connectivity index (χ3v) is 8.40. The molecular weight excluding hydrogens is 604 g/mol.